The summed E-state index contributed by atoms with van der Waals surface area (Å²) in [4.78, 5) is 50.9. The Bertz CT molecular complexity index is 1090. The lowest BCUT2D eigenvalue weighted by molar-refractivity contribution is -0.384. The van der Waals surface area contributed by atoms with Crippen LogP contribution < -0.4 is 10.2 Å². The fraction of sp³-hybridized carbons (Fsp3) is 0.458. The lowest BCUT2D eigenvalue weighted by Gasteiger charge is -2.36. The van der Waals surface area contributed by atoms with Crippen LogP contribution in [0.1, 0.15) is 59.0 Å². The van der Waals surface area contributed by atoms with E-state index < -0.39 is 17.0 Å². The summed E-state index contributed by atoms with van der Waals surface area (Å²) in [7, 11) is 0. The fourth-order valence-corrected chi connectivity index (χ4v) is 5.19. The maximum atomic E-state index is 12.7. The normalized spacial score (nSPS) is 18.8. The summed E-state index contributed by atoms with van der Waals surface area (Å²) in [6.07, 6.45) is 0.00172. The summed E-state index contributed by atoms with van der Waals surface area (Å²) in [5.41, 5.74) is 0.343. The number of thiophene rings is 1. The summed E-state index contributed by atoms with van der Waals surface area (Å²) in [6.45, 7) is 8.85. The maximum absolute atomic E-state index is 12.7. The first kappa shape index (κ1) is 25.4. The number of hydrogen-bond acceptors (Lipinski definition) is 8. The number of Topliss-reactive ketones (excluding diaryl/α,β-unsaturated/α-hetero) is 1. The Balaban J connectivity index is 1.71. The van der Waals surface area contributed by atoms with Crippen molar-refractivity contribution in [3.8, 4) is 0 Å². The third kappa shape index (κ3) is 6.19. The monoisotopic (exact) mass is 487 g/mol. The number of anilines is 1. The van der Waals surface area contributed by atoms with Crippen molar-refractivity contribution < 1.29 is 24.0 Å². The minimum atomic E-state index is -1.07. The molecule has 1 fully saturated rings. The third-order valence-corrected chi connectivity index (χ3v) is 6.79. The van der Waals surface area contributed by atoms with E-state index in [1.54, 1.807) is 18.2 Å². The van der Waals surface area contributed by atoms with Crippen LogP contribution in [0.15, 0.2) is 30.3 Å². The van der Waals surface area contributed by atoms with Gasteiger partial charge < -0.3 is 15.0 Å². The highest BCUT2D eigenvalue weighted by Crippen LogP contribution is 2.34. The van der Waals surface area contributed by atoms with Gasteiger partial charge >= 0.3 is 5.97 Å². The molecule has 1 aromatic heterocycles. The molecule has 9 nitrogen and oxygen atoms in total. The first-order valence-electron chi connectivity index (χ1n) is 11.2. The number of nitrogens with one attached hydrogen (secondary N) is 1. The molecule has 0 saturated carbocycles. The summed E-state index contributed by atoms with van der Waals surface area (Å²) in [6, 6.07) is 7.65. The van der Waals surface area contributed by atoms with Crippen molar-refractivity contribution in [3.63, 3.8) is 0 Å². The third-order valence-electron chi connectivity index (χ3n) is 5.69. The van der Waals surface area contributed by atoms with Crippen LogP contribution in [0.2, 0.25) is 0 Å². The van der Waals surface area contributed by atoms with Crippen LogP contribution in [-0.4, -0.2) is 41.8 Å². The first-order chi connectivity index (χ1) is 16.0. The number of nitrogens with zero attached hydrogens (tertiary/aromatic N) is 2. The molecule has 1 aliphatic heterocycles. The van der Waals surface area contributed by atoms with E-state index in [0.29, 0.717) is 42.0 Å². The molecule has 2 aromatic rings. The van der Waals surface area contributed by atoms with Crippen molar-refractivity contribution in [3.05, 3.63) is 55.8 Å². The highest BCUT2D eigenvalue weighted by Gasteiger charge is 2.29. The SMILES string of the molecule is CC(=O)NCc1ccc(C(=O)C(C)OC(=O)c2ccc(N3CC(C)CC(C)C3)c([N+](=O)[O-])c2)s1. The molecule has 1 N–H and O–H groups in total. The van der Waals surface area contributed by atoms with E-state index in [2.05, 4.69) is 19.2 Å². The molecule has 2 heterocycles. The molecule has 1 aromatic carbocycles. The summed E-state index contributed by atoms with van der Waals surface area (Å²) >= 11 is 1.21. The second-order valence-corrected chi connectivity index (χ2v) is 10.1. The molecule has 1 saturated heterocycles. The van der Waals surface area contributed by atoms with E-state index in [9.17, 15) is 24.5 Å². The van der Waals surface area contributed by atoms with Crippen molar-refractivity contribution in [1.29, 1.82) is 0 Å². The van der Waals surface area contributed by atoms with Crippen LogP contribution in [0, 0.1) is 22.0 Å². The van der Waals surface area contributed by atoms with Gasteiger partial charge in [-0.1, -0.05) is 13.8 Å². The van der Waals surface area contributed by atoms with Crippen LogP contribution in [0.3, 0.4) is 0 Å². The topological polar surface area (TPSA) is 119 Å². The van der Waals surface area contributed by atoms with Crippen molar-refractivity contribution in [2.75, 3.05) is 18.0 Å². The Morgan fingerprint density at radius 2 is 1.88 bits per heavy atom. The van der Waals surface area contributed by atoms with Gasteiger partial charge in [0.05, 0.1) is 21.9 Å². The lowest BCUT2D eigenvalue weighted by atomic mass is 9.91. The fourth-order valence-electron chi connectivity index (χ4n) is 4.22. The van der Waals surface area contributed by atoms with E-state index in [1.807, 2.05) is 4.90 Å². The van der Waals surface area contributed by atoms with Gasteiger partial charge in [0.15, 0.2) is 6.10 Å². The molecule has 3 unspecified atom stereocenters. The van der Waals surface area contributed by atoms with Crippen molar-refractivity contribution in [2.45, 2.75) is 46.8 Å². The lowest BCUT2D eigenvalue weighted by Crippen LogP contribution is -2.39. The molecule has 0 bridgehead atoms. The second-order valence-electron chi connectivity index (χ2n) is 8.90. The number of carbonyl (C=O) groups excluding carboxylic acids is 3. The molecule has 0 aliphatic carbocycles. The van der Waals surface area contributed by atoms with Gasteiger partial charge in [-0.3, -0.25) is 19.7 Å². The van der Waals surface area contributed by atoms with Gasteiger partial charge in [0, 0.05) is 31.0 Å². The molecular weight excluding hydrogens is 458 g/mol. The van der Waals surface area contributed by atoms with Crippen molar-refractivity contribution in [2.24, 2.45) is 11.8 Å². The zero-order valence-corrected chi connectivity index (χ0v) is 20.5. The molecule has 10 heteroatoms. The standard InChI is InChI=1S/C24H29N3O6S/c1-14-9-15(2)13-26(12-14)20-7-5-18(10-21(20)27(31)32)24(30)33-16(3)23(29)22-8-6-19(34-22)11-25-17(4)28/h5-8,10,14-16H,9,11-13H2,1-4H3,(H,25,28). The Labute approximate surface area is 202 Å². The number of ether oxygens (including phenoxy) is 1. The highest BCUT2D eigenvalue weighted by molar-refractivity contribution is 7.14. The van der Waals surface area contributed by atoms with Gasteiger partial charge in [0.1, 0.15) is 5.69 Å². The number of amides is 1. The minimum Gasteiger partial charge on any atom is -0.451 e. The predicted molar refractivity (Wildman–Crippen MR) is 129 cm³/mol. The van der Waals surface area contributed by atoms with Gasteiger partial charge in [0.2, 0.25) is 11.7 Å². The number of hydrogen-bond donors (Lipinski definition) is 1. The number of piperidine rings is 1. The van der Waals surface area contributed by atoms with Gasteiger partial charge in [-0.05, 0) is 49.4 Å². The molecule has 3 atom stereocenters. The van der Waals surface area contributed by atoms with Crippen LogP contribution in [0.4, 0.5) is 11.4 Å². The second kappa shape index (κ2) is 10.8. The summed E-state index contributed by atoms with van der Waals surface area (Å²) < 4.78 is 5.33. The quantitative estimate of drug-likeness (QED) is 0.256. The molecule has 1 amide bonds. The van der Waals surface area contributed by atoms with Crippen molar-refractivity contribution in [1.82, 2.24) is 5.32 Å². The number of carbonyl (C=O) groups is 3. The summed E-state index contributed by atoms with van der Waals surface area (Å²) in [5.74, 6) is -0.527. The molecule has 1 aliphatic rings. The molecule has 0 radical (unpaired) electrons. The number of nitro groups is 1. The van der Waals surface area contributed by atoms with Gasteiger partial charge in [-0.2, -0.15) is 0 Å². The smallest absolute Gasteiger partial charge is 0.339 e. The Morgan fingerprint density at radius 3 is 2.50 bits per heavy atom. The minimum absolute atomic E-state index is 0.0192. The number of ketones is 1. The zero-order valence-electron chi connectivity index (χ0n) is 19.7. The maximum Gasteiger partial charge on any atom is 0.339 e. The first-order valence-corrected chi connectivity index (χ1v) is 12.0. The van der Waals surface area contributed by atoms with E-state index in [4.69, 9.17) is 4.74 Å². The largest absolute Gasteiger partial charge is 0.451 e. The average Bonchev–Trinajstić information content (AvgIpc) is 3.25. The van der Waals surface area contributed by atoms with Crippen LogP contribution in [-0.2, 0) is 16.1 Å². The highest BCUT2D eigenvalue weighted by atomic mass is 32.1. The number of rotatable bonds is 8. The van der Waals surface area contributed by atoms with E-state index >= 15 is 0 Å². The Kier molecular flexibility index (Phi) is 8.03. The predicted octanol–water partition coefficient (Wildman–Crippen LogP) is 4.20. The number of esters is 1. The van der Waals surface area contributed by atoms with E-state index in [1.165, 1.54) is 37.3 Å². The molecule has 34 heavy (non-hydrogen) atoms. The number of benzene rings is 1. The van der Waals surface area contributed by atoms with Gasteiger partial charge in [0.25, 0.3) is 5.69 Å². The van der Waals surface area contributed by atoms with Crippen LogP contribution in [0.25, 0.3) is 0 Å². The molecule has 3 rings (SSSR count). The van der Waals surface area contributed by atoms with Crippen LogP contribution >= 0.6 is 11.3 Å². The Morgan fingerprint density at radius 1 is 1.21 bits per heavy atom. The van der Waals surface area contributed by atoms with E-state index in [0.717, 1.165) is 11.3 Å². The Hall–Kier alpha value is -3.27. The average molecular weight is 488 g/mol. The van der Waals surface area contributed by atoms with Gasteiger partial charge in [-0.15, -0.1) is 11.3 Å². The van der Waals surface area contributed by atoms with Crippen LogP contribution in [0.5, 0.6) is 0 Å². The van der Waals surface area contributed by atoms with E-state index in [-0.39, 0.29) is 22.9 Å². The molecular formula is C24H29N3O6S. The number of nitro benzene ring substituents is 1. The molecule has 0 spiro atoms. The van der Waals surface area contributed by atoms with Gasteiger partial charge in [-0.25, -0.2) is 4.79 Å². The van der Waals surface area contributed by atoms with Crippen molar-refractivity contribution >= 4 is 40.4 Å². The summed E-state index contributed by atoms with van der Waals surface area (Å²) in [5, 5.41) is 14.4. The molecule has 182 valence electrons. The zero-order chi connectivity index (χ0) is 25.0.